The summed E-state index contributed by atoms with van der Waals surface area (Å²) in [6.45, 7) is 7.01. The van der Waals surface area contributed by atoms with Crippen LogP contribution in [0.15, 0.2) is 67.0 Å². The van der Waals surface area contributed by atoms with Crippen LogP contribution in [-0.2, 0) is 4.74 Å². The number of nitrogens with zero attached hydrogens (tertiary/aromatic N) is 3. The molecule has 3 heterocycles. The topological polar surface area (TPSA) is 88.6 Å². The number of pyridine rings is 2. The highest BCUT2D eigenvalue weighted by Gasteiger charge is 2.28. The second-order valence-electron chi connectivity index (χ2n) is 8.87. The molecule has 1 aromatic carbocycles. The van der Waals surface area contributed by atoms with Crippen molar-refractivity contribution >= 4 is 23.3 Å². The summed E-state index contributed by atoms with van der Waals surface area (Å²) in [5.41, 5.74) is 1.29. The molecule has 2 N–H and O–H groups in total. The van der Waals surface area contributed by atoms with Gasteiger partial charge in [-0.3, -0.25) is 0 Å². The summed E-state index contributed by atoms with van der Waals surface area (Å²) in [6, 6.07) is 17.2. The Morgan fingerprint density at radius 1 is 1.03 bits per heavy atom. The molecule has 1 saturated heterocycles. The number of hydrogen-bond acceptors (Lipinski definition) is 7. The van der Waals surface area contributed by atoms with E-state index < -0.39 is 11.7 Å². The molecule has 1 atom stereocenters. The predicted octanol–water partition coefficient (Wildman–Crippen LogP) is 5.12. The minimum absolute atomic E-state index is 0.00450. The Morgan fingerprint density at radius 3 is 2.55 bits per heavy atom. The maximum atomic E-state index is 12.1. The maximum Gasteiger partial charge on any atom is 0.407 e. The fraction of sp³-hybridized carbons (Fsp3) is 0.320. The van der Waals surface area contributed by atoms with Crippen molar-refractivity contribution in [2.45, 2.75) is 38.8 Å². The lowest BCUT2D eigenvalue weighted by atomic mass is 10.2. The summed E-state index contributed by atoms with van der Waals surface area (Å²) < 4.78 is 11.5. The van der Waals surface area contributed by atoms with Crippen LogP contribution in [0, 0.1) is 0 Å². The van der Waals surface area contributed by atoms with Gasteiger partial charge in [-0.2, -0.15) is 0 Å². The van der Waals surface area contributed by atoms with E-state index >= 15 is 0 Å². The third-order valence-electron chi connectivity index (χ3n) is 5.01. The Morgan fingerprint density at radius 2 is 1.82 bits per heavy atom. The molecule has 1 aliphatic heterocycles. The third kappa shape index (κ3) is 6.35. The van der Waals surface area contributed by atoms with Crippen molar-refractivity contribution < 1.29 is 14.3 Å². The van der Waals surface area contributed by atoms with Gasteiger partial charge in [0.05, 0.1) is 6.04 Å². The van der Waals surface area contributed by atoms with E-state index in [1.165, 1.54) is 0 Å². The van der Waals surface area contributed by atoms with Gasteiger partial charge < -0.3 is 25.0 Å². The molecule has 4 rings (SSSR count). The quantitative estimate of drug-likeness (QED) is 0.542. The van der Waals surface area contributed by atoms with Crippen LogP contribution in [0.25, 0.3) is 0 Å². The number of alkyl carbamates (subject to hydrolysis) is 1. The van der Waals surface area contributed by atoms with Crippen molar-refractivity contribution in [3.05, 3.63) is 67.0 Å². The van der Waals surface area contributed by atoms with Crippen molar-refractivity contribution in [2.24, 2.45) is 0 Å². The second kappa shape index (κ2) is 9.77. The number of amides is 1. The van der Waals surface area contributed by atoms with Gasteiger partial charge in [0.2, 0.25) is 5.88 Å². The largest absolute Gasteiger partial charge is 0.444 e. The molecule has 1 fully saturated rings. The number of hydrogen-bond donors (Lipinski definition) is 2. The molecular formula is C25H29N5O3. The van der Waals surface area contributed by atoms with E-state index in [1.807, 2.05) is 75.4 Å². The minimum Gasteiger partial charge on any atom is -0.444 e. The molecule has 0 bridgehead atoms. The predicted molar refractivity (Wildman–Crippen MR) is 128 cm³/mol. The highest BCUT2D eigenvalue weighted by molar-refractivity contribution is 5.68. The molecule has 0 aliphatic carbocycles. The van der Waals surface area contributed by atoms with Gasteiger partial charge in [0, 0.05) is 31.2 Å². The van der Waals surface area contributed by atoms with Crippen LogP contribution in [0.4, 0.5) is 22.0 Å². The van der Waals surface area contributed by atoms with E-state index in [9.17, 15) is 4.79 Å². The zero-order valence-corrected chi connectivity index (χ0v) is 19.1. The second-order valence-corrected chi connectivity index (χ2v) is 8.87. The van der Waals surface area contributed by atoms with Crippen LogP contribution >= 0.6 is 0 Å². The zero-order valence-electron chi connectivity index (χ0n) is 19.1. The van der Waals surface area contributed by atoms with Crippen molar-refractivity contribution in [1.29, 1.82) is 0 Å². The summed E-state index contributed by atoms with van der Waals surface area (Å²) in [5, 5.41) is 6.20. The van der Waals surface area contributed by atoms with Gasteiger partial charge >= 0.3 is 6.09 Å². The van der Waals surface area contributed by atoms with Crippen molar-refractivity contribution in [3.63, 3.8) is 0 Å². The van der Waals surface area contributed by atoms with Gasteiger partial charge in [0.25, 0.3) is 0 Å². The van der Waals surface area contributed by atoms with Gasteiger partial charge in [-0.25, -0.2) is 14.8 Å². The van der Waals surface area contributed by atoms with Gasteiger partial charge in [-0.05, 0) is 75.7 Å². The molecule has 1 aliphatic rings. The highest BCUT2D eigenvalue weighted by atomic mass is 16.6. The van der Waals surface area contributed by atoms with E-state index in [2.05, 4.69) is 25.5 Å². The lowest BCUT2D eigenvalue weighted by Crippen LogP contribution is -2.40. The summed E-state index contributed by atoms with van der Waals surface area (Å²) in [7, 11) is 0. The van der Waals surface area contributed by atoms with Crippen molar-refractivity contribution in [3.8, 4) is 11.6 Å². The first kappa shape index (κ1) is 22.4. The third-order valence-corrected chi connectivity index (χ3v) is 5.01. The molecule has 8 heteroatoms. The fourth-order valence-electron chi connectivity index (χ4n) is 3.58. The van der Waals surface area contributed by atoms with E-state index in [4.69, 9.17) is 9.47 Å². The van der Waals surface area contributed by atoms with Gasteiger partial charge in [-0.1, -0.05) is 6.07 Å². The van der Waals surface area contributed by atoms with Crippen LogP contribution in [0.5, 0.6) is 11.6 Å². The number of benzene rings is 1. The molecule has 3 aromatic rings. The monoisotopic (exact) mass is 447 g/mol. The van der Waals surface area contributed by atoms with Crippen LogP contribution in [0.2, 0.25) is 0 Å². The molecule has 0 saturated carbocycles. The standard InChI is InChI=1S/C25H29N5O3/c1-25(2,3)33-24(31)29-19-13-16-30(17-19)21-7-6-15-27-23(21)32-20-11-9-18(10-12-20)28-22-8-4-5-14-26-22/h4-12,14-15,19H,13,16-17H2,1-3H3,(H,26,28)(H,29,31)/t19-/m1/s1. The van der Waals surface area contributed by atoms with Crippen LogP contribution in [0.3, 0.4) is 0 Å². The Bertz CT molecular complexity index is 1070. The average Bonchev–Trinajstić information content (AvgIpc) is 3.23. The molecule has 33 heavy (non-hydrogen) atoms. The molecule has 0 spiro atoms. The maximum absolute atomic E-state index is 12.1. The highest BCUT2D eigenvalue weighted by Crippen LogP contribution is 2.32. The lowest BCUT2D eigenvalue weighted by Gasteiger charge is -2.23. The zero-order chi connectivity index (χ0) is 23.3. The number of anilines is 3. The Balaban J connectivity index is 1.38. The SMILES string of the molecule is CC(C)(C)OC(=O)N[C@@H]1CCN(c2cccnc2Oc2ccc(Nc3ccccn3)cc2)C1. The molecule has 172 valence electrons. The lowest BCUT2D eigenvalue weighted by molar-refractivity contribution is 0.0509. The summed E-state index contributed by atoms with van der Waals surface area (Å²) >= 11 is 0. The van der Waals surface area contributed by atoms with Crippen LogP contribution in [0.1, 0.15) is 27.2 Å². The number of carbonyl (C=O) groups excluding carboxylic acids is 1. The van der Waals surface area contributed by atoms with Crippen molar-refractivity contribution in [1.82, 2.24) is 15.3 Å². The van der Waals surface area contributed by atoms with Gasteiger partial charge in [-0.15, -0.1) is 0 Å². The first-order valence-corrected chi connectivity index (χ1v) is 11.0. The van der Waals surface area contributed by atoms with E-state index in [0.29, 0.717) is 18.2 Å². The molecule has 2 aromatic heterocycles. The van der Waals surface area contributed by atoms with Crippen LogP contribution < -0.4 is 20.3 Å². The molecule has 1 amide bonds. The van der Waals surface area contributed by atoms with E-state index in [0.717, 1.165) is 30.2 Å². The number of nitrogens with one attached hydrogen (secondary N) is 2. The number of aromatic nitrogens is 2. The van der Waals surface area contributed by atoms with E-state index in [1.54, 1.807) is 12.4 Å². The Hall–Kier alpha value is -3.81. The molecule has 0 unspecified atom stereocenters. The molecule has 0 radical (unpaired) electrons. The summed E-state index contributed by atoms with van der Waals surface area (Å²) in [4.78, 5) is 23.0. The van der Waals surface area contributed by atoms with Crippen LogP contribution in [-0.4, -0.2) is 40.8 Å². The fourth-order valence-corrected chi connectivity index (χ4v) is 3.58. The van der Waals surface area contributed by atoms with Gasteiger partial charge in [0.1, 0.15) is 22.9 Å². The molecule has 8 nitrogen and oxygen atoms in total. The van der Waals surface area contributed by atoms with Gasteiger partial charge in [0.15, 0.2) is 0 Å². The minimum atomic E-state index is -0.518. The summed E-state index contributed by atoms with van der Waals surface area (Å²) in [5.74, 6) is 1.99. The number of rotatable bonds is 6. The smallest absolute Gasteiger partial charge is 0.407 e. The van der Waals surface area contributed by atoms with Crippen molar-refractivity contribution in [2.75, 3.05) is 23.3 Å². The first-order valence-electron chi connectivity index (χ1n) is 11.0. The average molecular weight is 448 g/mol. The van der Waals surface area contributed by atoms with E-state index in [-0.39, 0.29) is 6.04 Å². The number of carbonyl (C=O) groups is 1. The Labute approximate surface area is 194 Å². The normalized spacial score (nSPS) is 15.7. The number of ether oxygens (including phenoxy) is 2. The Kier molecular flexibility index (Phi) is 6.63. The molecular weight excluding hydrogens is 418 g/mol. The summed E-state index contributed by atoms with van der Waals surface area (Å²) in [6.07, 6.45) is 3.88. The first-order chi connectivity index (χ1) is 15.9.